The molecule has 0 atom stereocenters. The van der Waals surface area contributed by atoms with Crippen molar-refractivity contribution in [3.8, 4) is 34.1 Å². The van der Waals surface area contributed by atoms with E-state index in [1.54, 1.807) is 0 Å². The first-order valence-electron chi connectivity index (χ1n) is 15.4. The second kappa shape index (κ2) is 12.9. The monoisotopic (exact) mass is 769 g/mol. The van der Waals surface area contributed by atoms with Crippen LogP contribution in [-0.4, -0.2) is 19.3 Å². The number of pyridine rings is 1. The van der Waals surface area contributed by atoms with E-state index >= 15 is 0 Å². The van der Waals surface area contributed by atoms with Crippen molar-refractivity contribution in [1.29, 1.82) is 0 Å². The van der Waals surface area contributed by atoms with Crippen LogP contribution >= 0.6 is 0 Å². The molecule has 7 rings (SSSR count). The molecule has 0 bridgehead atoms. The van der Waals surface area contributed by atoms with E-state index in [9.17, 15) is 0 Å². The van der Waals surface area contributed by atoms with Gasteiger partial charge in [0, 0.05) is 34.5 Å². The zero-order chi connectivity index (χ0) is 30.2. The predicted molar refractivity (Wildman–Crippen MR) is 178 cm³/mol. The zero-order valence-electron chi connectivity index (χ0n) is 25.9. The van der Waals surface area contributed by atoms with Gasteiger partial charge in [-0.25, -0.2) is 4.98 Å². The molecule has 7 aromatic rings. The number of fused-ring (bicyclic) bond motifs is 3. The molecule has 0 aliphatic carbocycles. The van der Waals surface area contributed by atoms with Crippen LogP contribution in [0.15, 0.2) is 97.2 Å². The summed E-state index contributed by atoms with van der Waals surface area (Å²) >= 11 is 0. The Morgan fingerprint density at radius 3 is 2.33 bits per heavy atom. The first kappa shape index (κ1) is 30.6. The Kier molecular flexibility index (Phi) is 8.74. The van der Waals surface area contributed by atoms with Gasteiger partial charge in [-0.1, -0.05) is 68.8 Å². The molecule has 3 aromatic heterocycles. The van der Waals surface area contributed by atoms with Gasteiger partial charge in [-0.05, 0) is 72.1 Å². The maximum atomic E-state index is 6.44. The van der Waals surface area contributed by atoms with Gasteiger partial charge in [-0.3, -0.25) is 4.68 Å². The third-order valence-corrected chi connectivity index (χ3v) is 8.24. The van der Waals surface area contributed by atoms with Crippen LogP contribution in [0.5, 0.6) is 11.5 Å². The molecule has 0 spiro atoms. The van der Waals surface area contributed by atoms with E-state index < -0.39 is 0 Å². The Morgan fingerprint density at radius 2 is 1.58 bits per heavy atom. The molecular formula is C39H34N4OPt. The van der Waals surface area contributed by atoms with Crippen molar-refractivity contribution in [3.05, 3.63) is 132 Å². The second-order valence-electron chi connectivity index (χ2n) is 11.1. The predicted octanol–water partition coefficient (Wildman–Crippen LogP) is 9.42. The van der Waals surface area contributed by atoms with Crippen molar-refractivity contribution in [2.24, 2.45) is 0 Å². The molecule has 5 nitrogen and oxygen atoms in total. The topological polar surface area (TPSA) is 44.9 Å². The molecular weight excluding hydrogens is 736 g/mol. The summed E-state index contributed by atoms with van der Waals surface area (Å²) in [6, 6.07) is 38.4. The molecule has 0 saturated carbocycles. The molecule has 45 heavy (non-hydrogen) atoms. The third-order valence-electron chi connectivity index (χ3n) is 8.24. The zero-order valence-corrected chi connectivity index (χ0v) is 28.1. The largest absolute Gasteiger partial charge is 2.00 e. The quantitative estimate of drug-likeness (QED) is 0.145. The van der Waals surface area contributed by atoms with Gasteiger partial charge in [0.2, 0.25) is 0 Å². The van der Waals surface area contributed by atoms with Crippen LogP contribution in [0.3, 0.4) is 0 Å². The van der Waals surface area contributed by atoms with Gasteiger partial charge >= 0.3 is 21.1 Å². The van der Waals surface area contributed by atoms with E-state index in [0.717, 1.165) is 64.1 Å². The Balaban J connectivity index is 0.00000357. The summed E-state index contributed by atoms with van der Waals surface area (Å²) in [4.78, 5) is 4.72. The number of benzene rings is 4. The summed E-state index contributed by atoms with van der Waals surface area (Å²) < 4.78 is 10.6. The number of hydrogen-bond acceptors (Lipinski definition) is 3. The SMILES string of the molecule is CCc1ccc2c(c1)c1ccc(Oc3[c-]c(-n4nc(CC)c(-c5ccccc5)c4CC)ccc3)[c-]c1n2-c1cc(C)ccn1.[Pt+2]. The van der Waals surface area contributed by atoms with Gasteiger partial charge in [0.15, 0.2) is 0 Å². The molecule has 3 heterocycles. The maximum absolute atomic E-state index is 6.44. The Labute approximate surface area is 278 Å². The minimum Gasteiger partial charge on any atom is -0.509 e. The summed E-state index contributed by atoms with van der Waals surface area (Å²) in [5.41, 5.74) is 9.97. The Bertz CT molecular complexity index is 2130. The van der Waals surface area contributed by atoms with Crippen molar-refractivity contribution >= 4 is 21.8 Å². The standard InChI is InChI=1S/C39H34N4O.Pt/c1-5-27-16-19-36-33(23-27)32-18-17-31(25-37(32)42(36)38-22-26(4)20-21-40-38)44-30-15-11-14-29(24-30)43-35(7-3)39(34(6-2)41-43)28-12-9-8-10-13-28;/h8-23H,5-7H2,1-4H3;/q-2;+2. The van der Waals surface area contributed by atoms with Crippen molar-refractivity contribution < 1.29 is 25.8 Å². The van der Waals surface area contributed by atoms with Gasteiger partial charge in [0.25, 0.3) is 0 Å². The Morgan fingerprint density at radius 1 is 0.756 bits per heavy atom. The smallest absolute Gasteiger partial charge is 0.509 e. The van der Waals surface area contributed by atoms with E-state index in [2.05, 4.69) is 99.0 Å². The molecule has 0 N–H and O–H groups in total. The number of ether oxygens (including phenoxy) is 1. The summed E-state index contributed by atoms with van der Waals surface area (Å²) in [6.45, 7) is 8.60. The first-order valence-corrected chi connectivity index (χ1v) is 15.4. The van der Waals surface area contributed by atoms with Gasteiger partial charge in [0.1, 0.15) is 5.82 Å². The van der Waals surface area contributed by atoms with E-state index in [4.69, 9.17) is 14.8 Å². The molecule has 226 valence electrons. The molecule has 0 unspecified atom stereocenters. The van der Waals surface area contributed by atoms with Crippen LogP contribution in [0.2, 0.25) is 0 Å². The fraction of sp³-hybridized carbons (Fsp3) is 0.179. The summed E-state index contributed by atoms with van der Waals surface area (Å²) in [5.74, 6) is 2.09. The molecule has 4 aromatic carbocycles. The average molecular weight is 770 g/mol. The molecule has 6 heteroatoms. The van der Waals surface area contributed by atoms with Crippen LogP contribution in [-0.2, 0) is 40.3 Å². The molecule has 0 aliphatic rings. The van der Waals surface area contributed by atoms with Crippen molar-refractivity contribution in [2.45, 2.75) is 47.0 Å². The molecule has 0 fully saturated rings. The number of aromatic nitrogens is 4. The normalized spacial score (nSPS) is 11.2. The summed E-state index contributed by atoms with van der Waals surface area (Å²) in [6.07, 6.45) is 4.53. The summed E-state index contributed by atoms with van der Waals surface area (Å²) in [7, 11) is 0. The van der Waals surface area contributed by atoms with E-state index in [1.807, 2.05) is 47.3 Å². The minimum atomic E-state index is 0. The van der Waals surface area contributed by atoms with E-state index in [-0.39, 0.29) is 21.1 Å². The van der Waals surface area contributed by atoms with Gasteiger partial charge in [-0.2, -0.15) is 17.2 Å². The molecule has 0 amide bonds. The van der Waals surface area contributed by atoms with Crippen LogP contribution in [0.4, 0.5) is 0 Å². The van der Waals surface area contributed by atoms with Crippen LogP contribution in [0.1, 0.15) is 43.3 Å². The maximum Gasteiger partial charge on any atom is 2.00 e. The fourth-order valence-electron chi connectivity index (χ4n) is 6.08. The number of rotatable bonds is 8. The minimum absolute atomic E-state index is 0. The van der Waals surface area contributed by atoms with Crippen molar-refractivity contribution in [2.75, 3.05) is 0 Å². The third kappa shape index (κ3) is 5.62. The number of hydrogen-bond donors (Lipinski definition) is 0. The molecule has 0 saturated heterocycles. The van der Waals surface area contributed by atoms with Gasteiger partial charge < -0.3 is 9.30 Å². The molecule has 0 aliphatic heterocycles. The average Bonchev–Trinajstić information content (AvgIpc) is 3.60. The van der Waals surface area contributed by atoms with Crippen LogP contribution in [0.25, 0.3) is 44.4 Å². The second-order valence-corrected chi connectivity index (χ2v) is 11.1. The van der Waals surface area contributed by atoms with E-state index in [1.165, 1.54) is 22.1 Å². The van der Waals surface area contributed by atoms with Gasteiger partial charge in [0.05, 0.1) is 5.69 Å². The number of nitrogens with zero attached hydrogens (tertiary/aromatic N) is 4. The summed E-state index contributed by atoms with van der Waals surface area (Å²) in [5, 5.41) is 7.34. The first-order chi connectivity index (χ1) is 21.6. The van der Waals surface area contributed by atoms with Crippen molar-refractivity contribution in [1.82, 2.24) is 19.3 Å². The van der Waals surface area contributed by atoms with Gasteiger partial charge in [-0.15, -0.1) is 35.7 Å². The van der Waals surface area contributed by atoms with E-state index in [0.29, 0.717) is 11.5 Å². The van der Waals surface area contributed by atoms with Crippen LogP contribution < -0.4 is 4.74 Å². The van der Waals surface area contributed by atoms with Crippen molar-refractivity contribution in [3.63, 3.8) is 0 Å². The van der Waals surface area contributed by atoms with Crippen LogP contribution in [0, 0.1) is 19.1 Å². The Hall–Kier alpha value is -4.47. The number of aryl methyl sites for hydroxylation is 3. The molecule has 0 radical (unpaired) electrons. The fourth-order valence-corrected chi connectivity index (χ4v) is 6.08.